The van der Waals surface area contributed by atoms with Crippen LogP contribution in [-0.4, -0.2) is 26.1 Å². The van der Waals surface area contributed by atoms with Crippen molar-refractivity contribution in [3.05, 3.63) is 72.6 Å². The Balaban J connectivity index is 1.72. The van der Waals surface area contributed by atoms with Gasteiger partial charge in [-0.25, -0.2) is 14.4 Å². The van der Waals surface area contributed by atoms with E-state index in [1.165, 1.54) is 12.1 Å². The number of rotatable bonds is 6. The molecule has 2 aromatic heterocycles. The molecule has 3 aromatic rings. The summed E-state index contributed by atoms with van der Waals surface area (Å²) >= 11 is 0. The van der Waals surface area contributed by atoms with Gasteiger partial charge < -0.3 is 14.9 Å². The predicted molar refractivity (Wildman–Crippen MR) is 77.1 cm³/mol. The highest BCUT2D eigenvalue weighted by Crippen LogP contribution is 2.19. The van der Waals surface area contributed by atoms with Crippen LogP contribution in [-0.2, 0) is 6.54 Å². The SMILES string of the molecule is Fc1ccc([C@@H](NCCn2ccnc2)c2ncc[nH]2)cc1. The van der Waals surface area contributed by atoms with Crippen LogP contribution in [0.3, 0.4) is 0 Å². The van der Waals surface area contributed by atoms with Gasteiger partial charge in [0.05, 0.1) is 12.4 Å². The molecule has 0 unspecified atom stereocenters. The molecule has 5 nitrogen and oxygen atoms in total. The lowest BCUT2D eigenvalue weighted by molar-refractivity contribution is 0.535. The van der Waals surface area contributed by atoms with Crippen molar-refractivity contribution in [1.82, 2.24) is 24.8 Å². The number of benzene rings is 1. The number of nitrogens with zero attached hydrogens (tertiary/aromatic N) is 3. The number of halogens is 1. The maximum atomic E-state index is 13.1. The van der Waals surface area contributed by atoms with E-state index in [1.54, 1.807) is 37.1 Å². The van der Waals surface area contributed by atoms with Crippen LogP contribution in [0, 0.1) is 5.82 Å². The molecule has 6 heteroatoms. The lowest BCUT2D eigenvalue weighted by Gasteiger charge is -2.17. The maximum Gasteiger partial charge on any atom is 0.127 e. The van der Waals surface area contributed by atoms with E-state index in [1.807, 2.05) is 10.8 Å². The predicted octanol–water partition coefficient (Wildman–Crippen LogP) is 2.12. The molecular formula is C15H16FN5. The fraction of sp³-hybridized carbons (Fsp3) is 0.200. The molecule has 2 heterocycles. The van der Waals surface area contributed by atoms with Crippen molar-refractivity contribution < 1.29 is 4.39 Å². The molecule has 0 aliphatic heterocycles. The minimum atomic E-state index is -0.240. The van der Waals surface area contributed by atoms with E-state index in [0.29, 0.717) is 0 Å². The van der Waals surface area contributed by atoms with E-state index in [9.17, 15) is 4.39 Å². The first-order valence-corrected chi connectivity index (χ1v) is 6.77. The average Bonchev–Trinajstić information content (AvgIpc) is 3.18. The zero-order valence-corrected chi connectivity index (χ0v) is 11.4. The highest BCUT2D eigenvalue weighted by molar-refractivity contribution is 5.25. The van der Waals surface area contributed by atoms with Crippen LogP contribution in [0.4, 0.5) is 4.39 Å². The number of nitrogens with one attached hydrogen (secondary N) is 2. The molecule has 0 bridgehead atoms. The molecule has 0 radical (unpaired) electrons. The first-order chi connectivity index (χ1) is 10.3. The number of hydrogen-bond donors (Lipinski definition) is 2. The van der Waals surface area contributed by atoms with E-state index < -0.39 is 0 Å². The van der Waals surface area contributed by atoms with Gasteiger partial charge in [0.25, 0.3) is 0 Å². The lowest BCUT2D eigenvalue weighted by atomic mass is 10.1. The minimum Gasteiger partial charge on any atom is -0.347 e. The van der Waals surface area contributed by atoms with Gasteiger partial charge in [-0.15, -0.1) is 0 Å². The van der Waals surface area contributed by atoms with Gasteiger partial charge in [-0.3, -0.25) is 0 Å². The Morgan fingerprint density at radius 2 is 2.10 bits per heavy atom. The smallest absolute Gasteiger partial charge is 0.127 e. The standard InChI is InChI=1S/C15H16FN5/c16-13-3-1-12(2-4-13)14(15-19-5-6-20-15)18-8-10-21-9-7-17-11-21/h1-7,9,11,14,18H,8,10H2,(H,19,20)/t14-/m1/s1. The average molecular weight is 285 g/mol. The fourth-order valence-electron chi connectivity index (χ4n) is 2.22. The zero-order chi connectivity index (χ0) is 14.5. The maximum absolute atomic E-state index is 13.1. The topological polar surface area (TPSA) is 58.5 Å². The molecule has 0 saturated heterocycles. The molecule has 2 N–H and O–H groups in total. The second kappa shape index (κ2) is 6.32. The molecule has 3 rings (SSSR count). The molecule has 21 heavy (non-hydrogen) atoms. The van der Waals surface area contributed by atoms with Crippen LogP contribution in [0.5, 0.6) is 0 Å². The second-order valence-corrected chi connectivity index (χ2v) is 4.71. The minimum absolute atomic E-state index is 0.0934. The Kier molecular flexibility index (Phi) is 4.07. The molecular weight excluding hydrogens is 269 g/mol. The van der Waals surface area contributed by atoms with E-state index in [-0.39, 0.29) is 11.9 Å². The van der Waals surface area contributed by atoms with Crippen molar-refractivity contribution in [3.63, 3.8) is 0 Å². The fourth-order valence-corrected chi connectivity index (χ4v) is 2.22. The van der Waals surface area contributed by atoms with Crippen molar-refractivity contribution in [3.8, 4) is 0 Å². The van der Waals surface area contributed by atoms with Gasteiger partial charge in [0.1, 0.15) is 11.6 Å². The highest BCUT2D eigenvalue weighted by Gasteiger charge is 2.15. The van der Waals surface area contributed by atoms with E-state index in [4.69, 9.17) is 0 Å². The van der Waals surface area contributed by atoms with Gasteiger partial charge in [0, 0.05) is 37.9 Å². The monoisotopic (exact) mass is 285 g/mol. The lowest BCUT2D eigenvalue weighted by Crippen LogP contribution is -2.27. The molecule has 0 amide bonds. The summed E-state index contributed by atoms with van der Waals surface area (Å²) in [5.41, 5.74) is 0.969. The molecule has 0 aliphatic carbocycles. The van der Waals surface area contributed by atoms with Crippen molar-refractivity contribution >= 4 is 0 Å². The molecule has 0 fully saturated rings. The summed E-state index contributed by atoms with van der Waals surface area (Å²) in [5, 5.41) is 3.43. The van der Waals surface area contributed by atoms with Crippen LogP contribution in [0.15, 0.2) is 55.4 Å². The van der Waals surface area contributed by atoms with Crippen molar-refractivity contribution in [2.24, 2.45) is 0 Å². The zero-order valence-electron chi connectivity index (χ0n) is 11.4. The summed E-state index contributed by atoms with van der Waals surface area (Å²) in [6.07, 6.45) is 8.94. The normalized spacial score (nSPS) is 12.4. The Hall–Kier alpha value is -2.47. The van der Waals surface area contributed by atoms with E-state index in [2.05, 4.69) is 20.3 Å². The number of hydrogen-bond acceptors (Lipinski definition) is 3. The number of H-pyrrole nitrogens is 1. The third-order valence-corrected chi connectivity index (χ3v) is 3.27. The number of aromatic nitrogens is 4. The van der Waals surface area contributed by atoms with Gasteiger partial charge in [0.15, 0.2) is 0 Å². The van der Waals surface area contributed by atoms with Crippen LogP contribution in [0.25, 0.3) is 0 Å². The Morgan fingerprint density at radius 1 is 1.24 bits per heavy atom. The first kappa shape index (κ1) is 13.5. The van der Waals surface area contributed by atoms with Gasteiger partial charge in [-0.1, -0.05) is 12.1 Å². The number of imidazole rings is 2. The van der Waals surface area contributed by atoms with Crippen LogP contribution >= 0.6 is 0 Å². The summed E-state index contributed by atoms with van der Waals surface area (Å²) < 4.78 is 15.1. The van der Waals surface area contributed by atoms with Crippen LogP contribution in [0.2, 0.25) is 0 Å². The Labute approximate surface area is 121 Å². The third-order valence-electron chi connectivity index (χ3n) is 3.27. The van der Waals surface area contributed by atoms with E-state index >= 15 is 0 Å². The van der Waals surface area contributed by atoms with Crippen LogP contribution < -0.4 is 5.32 Å². The molecule has 0 spiro atoms. The molecule has 1 atom stereocenters. The number of aromatic amines is 1. The highest BCUT2D eigenvalue weighted by atomic mass is 19.1. The summed E-state index contributed by atoms with van der Waals surface area (Å²) in [5.74, 6) is 0.572. The van der Waals surface area contributed by atoms with Crippen LogP contribution in [0.1, 0.15) is 17.4 Å². The summed E-state index contributed by atoms with van der Waals surface area (Å²) in [4.78, 5) is 11.4. The van der Waals surface area contributed by atoms with Crippen molar-refractivity contribution in [1.29, 1.82) is 0 Å². The molecule has 108 valence electrons. The summed E-state index contributed by atoms with van der Waals surface area (Å²) in [6.45, 7) is 1.55. The van der Waals surface area contributed by atoms with Gasteiger partial charge in [-0.05, 0) is 17.7 Å². The van der Waals surface area contributed by atoms with Gasteiger partial charge in [-0.2, -0.15) is 0 Å². The largest absolute Gasteiger partial charge is 0.347 e. The first-order valence-electron chi connectivity index (χ1n) is 6.77. The molecule has 1 aromatic carbocycles. The van der Waals surface area contributed by atoms with E-state index in [0.717, 1.165) is 24.5 Å². The van der Waals surface area contributed by atoms with Crippen molar-refractivity contribution in [2.45, 2.75) is 12.6 Å². The van der Waals surface area contributed by atoms with Gasteiger partial charge >= 0.3 is 0 Å². The third kappa shape index (κ3) is 3.35. The Morgan fingerprint density at radius 3 is 2.76 bits per heavy atom. The summed E-state index contributed by atoms with van der Waals surface area (Å²) in [7, 11) is 0. The molecule has 0 saturated carbocycles. The van der Waals surface area contributed by atoms with Gasteiger partial charge in [0.2, 0.25) is 0 Å². The quantitative estimate of drug-likeness (QED) is 0.729. The van der Waals surface area contributed by atoms with Crippen molar-refractivity contribution in [2.75, 3.05) is 6.54 Å². The molecule has 0 aliphatic rings. The summed E-state index contributed by atoms with van der Waals surface area (Å²) in [6, 6.07) is 6.37. The Bertz CT molecular complexity index is 646. The second-order valence-electron chi connectivity index (χ2n) is 4.71.